The molecule has 4 aliphatic rings. The molecule has 3 fully saturated rings. The third kappa shape index (κ3) is 10.3. The summed E-state index contributed by atoms with van der Waals surface area (Å²) in [6.45, 7) is 9.74. The van der Waals surface area contributed by atoms with Crippen LogP contribution < -0.4 is 19.5 Å². The molecule has 1 saturated heterocycles. The van der Waals surface area contributed by atoms with Crippen molar-refractivity contribution in [2.24, 2.45) is 17.8 Å². The summed E-state index contributed by atoms with van der Waals surface area (Å²) in [6, 6.07) is 12.4. The van der Waals surface area contributed by atoms with Crippen LogP contribution in [0, 0.1) is 17.8 Å². The maximum absolute atomic E-state index is 15.2. The normalized spacial score (nSPS) is 27.1. The molecule has 4 heterocycles. The van der Waals surface area contributed by atoms with E-state index in [-0.39, 0.29) is 48.5 Å². The van der Waals surface area contributed by atoms with Gasteiger partial charge in [-0.15, -0.1) is 0 Å². The van der Waals surface area contributed by atoms with Crippen LogP contribution in [-0.2, 0) is 24.4 Å². The number of hydrogen-bond acceptors (Lipinski definition) is 10. The molecule has 19 heteroatoms. The molecule has 4 amide bonds. The van der Waals surface area contributed by atoms with Gasteiger partial charge in [-0.2, -0.15) is 13.2 Å². The van der Waals surface area contributed by atoms with Crippen molar-refractivity contribution in [3.8, 4) is 34.1 Å². The van der Waals surface area contributed by atoms with Gasteiger partial charge in [-0.25, -0.2) is 18.2 Å². The van der Waals surface area contributed by atoms with Crippen molar-refractivity contribution in [3.05, 3.63) is 72.9 Å². The number of aromatic nitrogens is 2. The van der Waals surface area contributed by atoms with Crippen LogP contribution >= 0.6 is 0 Å². The minimum absolute atomic E-state index is 0.0380. The summed E-state index contributed by atoms with van der Waals surface area (Å²) in [7, 11) is -4.15. The quantitative estimate of drug-likeness (QED) is 0.161. The second kappa shape index (κ2) is 18.4. The van der Waals surface area contributed by atoms with E-state index in [9.17, 15) is 41.1 Å². The SMILES string of the molecule is CC(C)Oc1ccc(-c2cc(O[C@@H]3C[C@H]4C(=O)N[C@]5(C(=O)NS(=O)(=O)C6(C)CC6)C[C@H]5/C=C\CC[C@@H](C)C[C@@H](C)[C@H](N(C(=O)O)C(C)(C)C(F)(F)F)C(=O)N4C3)cc(-c3ccccn3)n2)cc1. The molecule has 0 unspecified atom stereocenters. The molecule has 0 spiro atoms. The maximum Gasteiger partial charge on any atom is 0.411 e. The van der Waals surface area contributed by atoms with Crippen LogP contribution in [0.2, 0.25) is 0 Å². The van der Waals surface area contributed by atoms with Crippen LogP contribution in [0.1, 0.15) is 93.4 Å². The number of carboxylic acid groups (broad SMARTS) is 1. The summed E-state index contributed by atoms with van der Waals surface area (Å²) in [4.78, 5) is 67.8. The fourth-order valence-electron chi connectivity index (χ4n) is 9.12. The van der Waals surface area contributed by atoms with Gasteiger partial charge in [0.15, 0.2) is 0 Å². The first-order chi connectivity index (χ1) is 31.4. The van der Waals surface area contributed by atoms with Crippen molar-refractivity contribution in [2.45, 2.75) is 140 Å². The van der Waals surface area contributed by atoms with Crippen LogP contribution in [0.25, 0.3) is 22.6 Å². The van der Waals surface area contributed by atoms with Gasteiger partial charge in [-0.3, -0.25) is 29.0 Å². The van der Waals surface area contributed by atoms with E-state index in [4.69, 9.17) is 14.5 Å². The molecule has 1 aromatic carbocycles. The molecule has 3 aromatic rings. The number of nitrogens with zero attached hydrogens (tertiary/aromatic N) is 4. The molecule has 0 bridgehead atoms. The van der Waals surface area contributed by atoms with Crippen LogP contribution in [-0.4, -0.2) is 110 Å². The molecular weight excluding hydrogens is 894 g/mol. The summed E-state index contributed by atoms with van der Waals surface area (Å²) in [5, 5.41) is 13.4. The topological polar surface area (TPSA) is 197 Å². The second-order valence-electron chi connectivity index (χ2n) is 19.6. The van der Waals surface area contributed by atoms with Gasteiger partial charge < -0.3 is 24.8 Å². The number of hydrogen-bond donors (Lipinski definition) is 3. The third-order valence-corrected chi connectivity index (χ3v) is 15.7. The van der Waals surface area contributed by atoms with Crippen LogP contribution in [0.3, 0.4) is 0 Å². The van der Waals surface area contributed by atoms with Gasteiger partial charge in [0.2, 0.25) is 21.8 Å². The third-order valence-electron chi connectivity index (χ3n) is 13.5. The van der Waals surface area contributed by atoms with Crippen molar-refractivity contribution in [3.63, 3.8) is 0 Å². The molecule has 2 saturated carbocycles. The molecule has 362 valence electrons. The molecular formula is C48H59F3N6O9S. The molecule has 2 aliphatic heterocycles. The van der Waals surface area contributed by atoms with Crippen molar-refractivity contribution < 1.29 is 55.3 Å². The number of benzene rings is 1. The number of alkyl halides is 3. The Morgan fingerprint density at radius 3 is 2.30 bits per heavy atom. The Bertz CT molecular complexity index is 2500. The molecule has 2 aliphatic carbocycles. The molecule has 3 N–H and O–H groups in total. The Hall–Kier alpha value is -5.72. The van der Waals surface area contributed by atoms with Crippen molar-refractivity contribution in [1.82, 2.24) is 29.8 Å². The second-order valence-corrected chi connectivity index (χ2v) is 21.8. The lowest BCUT2D eigenvalue weighted by Crippen LogP contribution is -2.66. The predicted octanol–water partition coefficient (Wildman–Crippen LogP) is 7.52. The Morgan fingerprint density at radius 2 is 1.69 bits per heavy atom. The first-order valence-corrected chi connectivity index (χ1v) is 24.2. The van der Waals surface area contributed by atoms with Gasteiger partial charge in [-0.1, -0.05) is 32.1 Å². The average molecular weight is 953 g/mol. The number of carbonyl (C=O) groups excluding carboxylic acids is 3. The van der Waals surface area contributed by atoms with E-state index in [0.717, 1.165) is 4.90 Å². The van der Waals surface area contributed by atoms with E-state index >= 15 is 4.79 Å². The zero-order valence-corrected chi connectivity index (χ0v) is 39.5. The number of amides is 4. The Kier molecular flexibility index (Phi) is 13.5. The van der Waals surface area contributed by atoms with E-state index in [2.05, 4.69) is 15.0 Å². The Morgan fingerprint density at radius 1 is 1.00 bits per heavy atom. The Labute approximate surface area is 388 Å². The molecule has 15 nitrogen and oxygen atoms in total. The Balaban J connectivity index is 1.30. The van der Waals surface area contributed by atoms with Crippen molar-refractivity contribution in [2.75, 3.05) is 6.54 Å². The lowest BCUT2D eigenvalue weighted by Gasteiger charge is -2.45. The minimum Gasteiger partial charge on any atom is -0.491 e. The van der Waals surface area contributed by atoms with Gasteiger partial charge in [0.25, 0.3) is 5.91 Å². The van der Waals surface area contributed by atoms with Gasteiger partial charge in [0, 0.05) is 36.2 Å². The van der Waals surface area contributed by atoms with E-state index in [1.807, 2.05) is 39.0 Å². The number of ether oxygens (including phenoxy) is 2. The first-order valence-electron chi connectivity index (χ1n) is 22.7. The number of carbonyl (C=O) groups is 4. The van der Waals surface area contributed by atoms with Crippen LogP contribution in [0.5, 0.6) is 11.5 Å². The maximum atomic E-state index is 15.2. The zero-order chi connectivity index (χ0) is 48.9. The molecule has 7 rings (SSSR count). The van der Waals surface area contributed by atoms with Crippen molar-refractivity contribution in [1.29, 1.82) is 0 Å². The number of rotatable bonds is 11. The van der Waals surface area contributed by atoms with E-state index in [0.29, 0.717) is 67.9 Å². The first kappa shape index (κ1) is 49.2. The molecule has 0 radical (unpaired) electrons. The number of fused-ring (bicyclic) bond motifs is 2. The number of halogens is 3. The molecule has 7 atom stereocenters. The standard InChI is InChI=1S/C48H59F3N6O9S/c1-28(2)65-33-17-15-31(16-18-33)37-23-34(24-38(53-37)36-14-10-11-21-52-36)66-35-25-39-41(58)54-47(43(60)55-67(63,64)46(7)19-20-46)26-32(47)13-9-8-12-29(3)22-30(4)40(42(59)56(39)27-35)57(44(61)62)45(5,6)48(49,50)51/h9-11,13-18,21,23-24,28-30,32,35,39-40H,8,12,19-20,22,25-27H2,1-7H3,(H,54,58)(H,55,60)(H,61,62)/b13-9-/t29-,30-,32-,35-,39+,40+,47-/m1/s1. The van der Waals surface area contributed by atoms with E-state index in [1.165, 1.54) is 13.8 Å². The zero-order valence-electron chi connectivity index (χ0n) is 38.7. The van der Waals surface area contributed by atoms with Crippen LogP contribution in [0.4, 0.5) is 18.0 Å². The summed E-state index contributed by atoms with van der Waals surface area (Å²) in [6.07, 6.45) is -1.42. The van der Waals surface area contributed by atoms with Gasteiger partial charge >= 0.3 is 12.3 Å². The van der Waals surface area contributed by atoms with Gasteiger partial charge in [0.1, 0.15) is 40.8 Å². The average Bonchev–Trinajstić information content (AvgIpc) is 4.13. The monoisotopic (exact) mass is 952 g/mol. The lowest BCUT2D eigenvalue weighted by atomic mass is 9.85. The van der Waals surface area contributed by atoms with Crippen LogP contribution in [0.15, 0.2) is 72.9 Å². The predicted molar refractivity (Wildman–Crippen MR) is 242 cm³/mol. The minimum atomic E-state index is -5.11. The summed E-state index contributed by atoms with van der Waals surface area (Å²) in [5.41, 5.74) is -2.71. The smallest absolute Gasteiger partial charge is 0.411 e. The summed E-state index contributed by atoms with van der Waals surface area (Å²) < 4.78 is 84.7. The highest BCUT2D eigenvalue weighted by molar-refractivity contribution is 7.91. The number of pyridine rings is 2. The summed E-state index contributed by atoms with van der Waals surface area (Å²) >= 11 is 0. The highest BCUT2D eigenvalue weighted by atomic mass is 32.2. The highest BCUT2D eigenvalue weighted by Crippen LogP contribution is 2.48. The number of nitrogens with one attached hydrogen (secondary N) is 2. The molecule has 2 aromatic heterocycles. The van der Waals surface area contributed by atoms with E-state index < -0.39 is 85.9 Å². The number of allylic oxidation sites excluding steroid dienone is 1. The molecule has 67 heavy (non-hydrogen) atoms. The fraction of sp³-hybridized carbons (Fsp3) is 0.542. The number of sulfonamides is 1. The van der Waals surface area contributed by atoms with E-state index in [1.54, 1.807) is 54.7 Å². The summed E-state index contributed by atoms with van der Waals surface area (Å²) in [5.74, 6) is -3.80. The lowest BCUT2D eigenvalue weighted by molar-refractivity contribution is -0.222. The largest absolute Gasteiger partial charge is 0.491 e. The van der Waals surface area contributed by atoms with Crippen molar-refractivity contribution >= 4 is 33.8 Å². The van der Waals surface area contributed by atoms with Gasteiger partial charge in [0.05, 0.1) is 34.5 Å². The highest BCUT2D eigenvalue weighted by Gasteiger charge is 2.64. The fourth-order valence-corrected chi connectivity index (χ4v) is 10.4. The van der Waals surface area contributed by atoms with Gasteiger partial charge in [-0.05, 0) is 121 Å².